The fraction of sp³-hybridized carbons (Fsp3) is 0.385. The molecule has 16 heavy (non-hydrogen) atoms. The second kappa shape index (κ2) is 5.62. The summed E-state index contributed by atoms with van der Waals surface area (Å²) in [5.41, 5.74) is 1.39. The monoisotopic (exact) mass is 251 g/mol. The Hall–Kier alpha value is -0.640. The molecule has 0 bridgehead atoms. The van der Waals surface area contributed by atoms with Crippen molar-refractivity contribution in [2.45, 2.75) is 32.4 Å². The molecule has 2 atom stereocenters. The van der Waals surface area contributed by atoms with Gasteiger partial charge < -0.3 is 5.32 Å². The molecule has 0 aromatic carbocycles. The predicted octanol–water partition coefficient (Wildman–Crippen LogP) is 4.61. The second-order valence-electron chi connectivity index (χ2n) is 3.92. The van der Waals surface area contributed by atoms with Gasteiger partial charge in [0.2, 0.25) is 0 Å². The van der Waals surface area contributed by atoms with E-state index >= 15 is 0 Å². The van der Waals surface area contributed by atoms with Gasteiger partial charge in [-0.3, -0.25) is 0 Å². The highest BCUT2D eigenvalue weighted by atomic mass is 32.1. The van der Waals surface area contributed by atoms with Crippen molar-refractivity contribution in [2.24, 2.45) is 0 Å². The van der Waals surface area contributed by atoms with E-state index in [1.54, 1.807) is 11.3 Å². The Kier molecular flexibility index (Phi) is 4.16. The van der Waals surface area contributed by atoms with Crippen LogP contribution in [-0.4, -0.2) is 0 Å². The summed E-state index contributed by atoms with van der Waals surface area (Å²) in [5.74, 6) is 0. The Bertz CT molecular complexity index is 392. The van der Waals surface area contributed by atoms with Crippen LogP contribution in [0, 0.1) is 0 Å². The minimum absolute atomic E-state index is 0.429. The van der Waals surface area contributed by atoms with E-state index in [0.717, 1.165) is 6.42 Å². The maximum Gasteiger partial charge on any atom is 0.0416 e. The fourth-order valence-electron chi connectivity index (χ4n) is 1.81. The molecule has 0 saturated carbocycles. The number of hydrogen-bond donors (Lipinski definition) is 1. The molecule has 0 fully saturated rings. The first-order valence-corrected chi connectivity index (χ1v) is 7.45. The van der Waals surface area contributed by atoms with Crippen molar-refractivity contribution in [1.29, 1.82) is 0 Å². The first-order chi connectivity index (χ1) is 7.81. The molecule has 2 rings (SSSR count). The summed E-state index contributed by atoms with van der Waals surface area (Å²) in [6.07, 6.45) is 1.13. The van der Waals surface area contributed by atoms with Crippen molar-refractivity contribution in [2.75, 3.05) is 0 Å². The Morgan fingerprint density at radius 1 is 1.31 bits per heavy atom. The highest BCUT2D eigenvalue weighted by Gasteiger charge is 2.14. The zero-order chi connectivity index (χ0) is 11.4. The van der Waals surface area contributed by atoms with Crippen molar-refractivity contribution in [3.63, 3.8) is 0 Å². The van der Waals surface area contributed by atoms with Crippen LogP contribution < -0.4 is 5.32 Å². The zero-order valence-corrected chi connectivity index (χ0v) is 11.3. The number of rotatable bonds is 5. The van der Waals surface area contributed by atoms with Crippen LogP contribution in [0.25, 0.3) is 0 Å². The highest BCUT2D eigenvalue weighted by Crippen LogP contribution is 2.26. The lowest BCUT2D eigenvalue weighted by Gasteiger charge is -2.20. The molecule has 0 spiro atoms. The molecule has 2 unspecified atom stereocenters. The van der Waals surface area contributed by atoms with Gasteiger partial charge >= 0.3 is 0 Å². The van der Waals surface area contributed by atoms with Crippen LogP contribution in [0.15, 0.2) is 34.3 Å². The summed E-state index contributed by atoms with van der Waals surface area (Å²) in [6.45, 7) is 4.47. The van der Waals surface area contributed by atoms with Gasteiger partial charge in [0, 0.05) is 17.0 Å². The first-order valence-electron chi connectivity index (χ1n) is 5.62. The van der Waals surface area contributed by atoms with E-state index in [1.807, 2.05) is 11.3 Å². The van der Waals surface area contributed by atoms with Crippen molar-refractivity contribution < 1.29 is 0 Å². The Morgan fingerprint density at radius 2 is 2.19 bits per heavy atom. The van der Waals surface area contributed by atoms with E-state index in [9.17, 15) is 0 Å². The third-order valence-electron chi connectivity index (χ3n) is 2.79. The highest BCUT2D eigenvalue weighted by molar-refractivity contribution is 7.10. The molecular formula is C13H17NS2. The maximum atomic E-state index is 3.69. The third kappa shape index (κ3) is 2.73. The summed E-state index contributed by atoms with van der Waals surface area (Å²) in [6, 6.07) is 7.45. The summed E-state index contributed by atoms with van der Waals surface area (Å²) < 4.78 is 0. The van der Waals surface area contributed by atoms with Crippen LogP contribution in [0.3, 0.4) is 0 Å². The van der Waals surface area contributed by atoms with Crippen LogP contribution in [0.4, 0.5) is 0 Å². The van der Waals surface area contributed by atoms with Gasteiger partial charge in [0.1, 0.15) is 0 Å². The standard InChI is InChI=1S/C13H17NS2/c1-3-12(13-5-4-7-16-13)14-10(2)11-6-8-15-9-11/h4-10,12,14H,3H2,1-2H3. The molecule has 2 aromatic rings. The van der Waals surface area contributed by atoms with Gasteiger partial charge in [0.15, 0.2) is 0 Å². The van der Waals surface area contributed by atoms with Crippen LogP contribution >= 0.6 is 22.7 Å². The minimum atomic E-state index is 0.429. The molecule has 3 heteroatoms. The summed E-state index contributed by atoms with van der Waals surface area (Å²) >= 11 is 3.60. The van der Waals surface area contributed by atoms with Gasteiger partial charge in [-0.25, -0.2) is 0 Å². The number of thiophene rings is 2. The van der Waals surface area contributed by atoms with E-state index in [2.05, 4.69) is 53.5 Å². The molecule has 2 aromatic heterocycles. The maximum absolute atomic E-state index is 3.69. The average molecular weight is 251 g/mol. The number of nitrogens with one attached hydrogen (secondary N) is 1. The molecule has 1 nitrogen and oxygen atoms in total. The van der Waals surface area contributed by atoms with Gasteiger partial charge in [0.25, 0.3) is 0 Å². The van der Waals surface area contributed by atoms with Crippen LogP contribution in [-0.2, 0) is 0 Å². The summed E-state index contributed by atoms with van der Waals surface area (Å²) in [5, 5.41) is 10.2. The van der Waals surface area contributed by atoms with E-state index in [1.165, 1.54) is 10.4 Å². The largest absolute Gasteiger partial charge is 0.303 e. The van der Waals surface area contributed by atoms with Crippen LogP contribution in [0.2, 0.25) is 0 Å². The lowest BCUT2D eigenvalue weighted by atomic mass is 10.1. The smallest absolute Gasteiger partial charge is 0.0416 e. The lowest BCUT2D eigenvalue weighted by molar-refractivity contribution is 0.462. The molecule has 1 N–H and O–H groups in total. The van der Waals surface area contributed by atoms with Crippen molar-refractivity contribution in [3.8, 4) is 0 Å². The van der Waals surface area contributed by atoms with E-state index < -0.39 is 0 Å². The van der Waals surface area contributed by atoms with Crippen molar-refractivity contribution in [1.82, 2.24) is 5.32 Å². The van der Waals surface area contributed by atoms with Crippen molar-refractivity contribution in [3.05, 3.63) is 44.8 Å². The van der Waals surface area contributed by atoms with Gasteiger partial charge in [0.05, 0.1) is 0 Å². The van der Waals surface area contributed by atoms with E-state index in [0.29, 0.717) is 12.1 Å². The van der Waals surface area contributed by atoms with Gasteiger partial charge in [-0.15, -0.1) is 11.3 Å². The van der Waals surface area contributed by atoms with Gasteiger partial charge in [-0.2, -0.15) is 11.3 Å². The SMILES string of the molecule is CCC(NC(C)c1ccsc1)c1cccs1. The normalized spacial score (nSPS) is 14.9. The predicted molar refractivity (Wildman–Crippen MR) is 73.2 cm³/mol. The first kappa shape index (κ1) is 11.8. The molecule has 0 aliphatic carbocycles. The number of hydrogen-bond acceptors (Lipinski definition) is 3. The van der Waals surface area contributed by atoms with E-state index in [4.69, 9.17) is 0 Å². The van der Waals surface area contributed by atoms with Crippen LogP contribution in [0.1, 0.15) is 42.8 Å². The Balaban J connectivity index is 2.02. The molecule has 2 heterocycles. The molecule has 86 valence electrons. The minimum Gasteiger partial charge on any atom is -0.303 e. The third-order valence-corrected chi connectivity index (χ3v) is 4.48. The second-order valence-corrected chi connectivity index (χ2v) is 5.68. The molecule has 0 amide bonds. The lowest BCUT2D eigenvalue weighted by Crippen LogP contribution is -2.23. The zero-order valence-electron chi connectivity index (χ0n) is 9.64. The topological polar surface area (TPSA) is 12.0 Å². The molecule has 0 aliphatic rings. The van der Waals surface area contributed by atoms with Crippen LogP contribution in [0.5, 0.6) is 0 Å². The van der Waals surface area contributed by atoms with Gasteiger partial charge in [-0.1, -0.05) is 13.0 Å². The average Bonchev–Trinajstić information content (AvgIpc) is 2.96. The molecular weight excluding hydrogens is 234 g/mol. The fourth-order valence-corrected chi connectivity index (χ4v) is 3.43. The molecule has 0 aliphatic heterocycles. The molecule has 0 radical (unpaired) electrons. The van der Waals surface area contributed by atoms with Crippen molar-refractivity contribution >= 4 is 22.7 Å². The van der Waals surface area contributed by atoms with E-state index in [-0.39, 0.29) is 0 Å². The Labute approximate surface area is 105 Å². The summed E-state index contributed by atoms with van der Waals surface area (Å²) in [7, 11) is 0. The Morgan fingerprint density at radius 3 is 2.75 bits per heavy atom. The summed E-state index contributed by atoms with van der Waals surface area (Å²) in [4.78, 5) is 1.43. The van der Waals surface area contributed by atoms with Gasteiger partial charge in [-0.05, 0) is 47.2 Å². The molecule has 0 saturated heterocycles. The quantitative estimate of drug-likeness (QED) is 0.818.